The first-order valence-electron chi connectivity index (χ1n) is 6.26. The van der Waals surface area contributed by atoms with Gasteiger partial charge in [0.2, 0.25) is 0 Å². The summed E-state index contributed by atoms with van der Waals surface area (Å²) in [6.45, 7) is 6.69. The molecule has 2 nitrogen and oxygen atoms in total. The largest absolute Gasteiger partial charge is 0.271 e. The SMILES string of the molecule is CCc1ccccc1C(CC(C)CC)NN. The number of benzene rings is 1. The smallest absolute Gasteiger partial charge is 0.0465 e. The summed E-state index contributed by atoms with van der Waals surface area (Å²) in [6.07, 6.45) is 3.37. The zero-order chi connectivity index (χ0) is 12.0. The molecule has 0 amide bonds. The van der Waals surface area contributed by atoms with Crippen molar-refractivity contribution in [1.82, 2.24) is 5.43 Å². The summed E-state index contributed by atoms with van der Waals surface area (Å²) in [5, 5.41) is 0. The molecule has 0 aromatic heterocycles. The molecule has 1 rings (SSSR count). The first kappa shape index (κ1) is 13.2. The highest BCUT2D eigenvalue weighted by molar-refractivity contribution is 5.30. The fourth-order valence-corrected chi connectivity index (χ4v) is 2.05. The Morgan fingerprint density at radius 2 is 1.94 bits per heavy atom. The van der Waals surface area contributed by atoms with Crippen molar-refractivity contribution in [3.05, 3.63) is 35.4 Å². The van der Waals surface area contributed by atoms with E-state index in [2.05, 4.69) is 50.5 Å². The van der Waals surface area contributed by atoms with E-state index in [-0.39, 0.29) is 6.04 Å². The van der Waals surface area contributed by atoms with E-state index in [0.29, 0.717) is 5.92 Å². The summed E-state index contributed by atoms with van der Waals surface area (Å²) in [5.74, 6) is 6.38. The van der Waals surface area contributed by atoms with E-state index in [1.165, 1.54) is 17.5 Å². The second-order valence-electron chi connectivity index (χ2n) is 4.52. The van der Waals surface area contributed by atoms with Crippen LogP contribution in [0.25, 0.3) is 0 Å². The van der Waals surface area contributed by atoms with Gasteiger partial charge in [-0.2, -0.15) is 0 Å². The van der Waals surface area contributed by atoms with Crippen LogP contribution in [0.1, 0.15) is 50.8 Å². The van der Waals surface area contributed by atoms with E-state index < -0.39 is 0 Å². The van der Waals surface area contributed by atoms with E-state index in [1.807, 2.05) is 0 Å². The first-order valence-corrected chi connectivity index (χ1v) is 6.26. The summed E-state index contributed by atoms with van der Waals surface area (Å²) in [4.78, 5) is 0. The Morgan fingerprint density at radius 3 is 2.50 bits per heavy atom. The van der Waals surface area contributed by atoms with Crippen LogP contribution in [0.2, 0.25) is 0 Å². The standard InChI is InChI=1S/C14H24N2/c1-4-11(3)10-14(16-15)13-9-7-6-8-12(13)5-2/h6-9,11,14,16H,4-5,10,15H2,1-3H3. The maximum Gasteiger partial charge on any atom is 0.0465 e. The van der Waals surface area contributed by atoms with Gasteiger partial charge in [0.15, 0.2) is 0 Å². The minimum absolute atomic E-state index is 0.283. The van der Waals surface area contributed by atoms with Crippen LogP contribution in [0.4, 0.5) is 0 Å². The van der Waals surface area contributed by atoms with Crippen molar-refractivity contribution in [2.45, 2.75) is 46.1 Å². The van der Waals surface area contributed by atoms with Crippen LogP contribution in [0, 0.1) is 5.92 Å². The fourth-order valence-electron chi connectivity index (χ4n) is 2.05. The normalized spacial score (nSPS) is 14.8. The number of rotatable bonds is 6. The molecule has 0 heterocycles. The van der Waals surface area contributed by atoms with Crippen LogP contribution in [-0.2, 0) is 6.42 Å². The average molecular weight is 220 g/mol. The average Bonchev–Trinajstić information content (AvgIpc) is 2.35. The van der Waals surface area contributed by atoms with Gasteiger partial charge in [-0.3, -0.25) is 11.3 Å². The molecule has 16 heavy (non-hydrogen) atoms. The fraction of sp³-hybridized carbons (Fsp3) is 0.571. The van der Waals surface area contributed by atoms with E-state index in [9.17, 15) is 0 Å². The zero-order valence-corrected chi connectivity index (χ0v) is 10.7. The Bertz CT molecular complexity index is 309. The third-order valence-corrected chi connectivity index (χ3v) is 3.35. The molecule has 0 fully saturated rings. The lowest BCUT2D eigenvalue weighted by Crippen LogP contribution is -2.30. The van der Waals surface area contributed by atoms with Gasteiger partial charge < -0.3 is 0 Å². The number of hydrogen-bond donors (Lipinski definition) is 2. The monoisotopic (exact) mass is 220 g/mol. The third-order valence-electron chi connectivity index (χ3n) is 3.35. The number of hydrazine groups is 1. The van der Waals surface area contributed by atoms with Crippen LogP contribution in [-0.4, -0.2) is 0 Å². The molecule has 0 spiro atoms. The second-order valence-corrected chi connectivity index (χ2v) is 4.52. The maximum absolute atomic E-state index is 5.68. The van der Waals surface area contributed by atoms with Crippen LogP contribution >= 0.6 is 0 Å². The van der Waals surface area contributed by atoms with Gasteiger partial charge in [0, 0.05) is 6.04 Å². The van der Waals surface area contributed by atoms with Crippen molar-refractivity contribution >= 4 is 0 Å². The Kier molecular flexibility index (Phi) is 5.50. The molecule has 0 aliphatic rings. The molecule has 0 saturated heterocycles. The molecule has 2 unspecified atom stereocenters. The molecule has 0 aliphatic heterocycles. The van der Waals surface area contributed by atoms with Gasteiger partial charge in [-0.15, -0.1) is 0 Å². The molecule has 1 aromatic rings. The van der Waals surface area contributed by atoms with E-state index in [1.54, 1.807) is 0 Å². The lowest BCUT2D eigenvalue weighted by Gasteiger charge is -2.22. The van der Waals surface area contributed by atoms with Crippen molar-refractivity contribution in [3.63, 3.8) is 0 Å². The highest BCUT2D eigenvalue weighted by Crippen LogP contribution is 2.25. The van der Waals surface area contributed by atoms with E-state index in [0.717, 1.165) is 12.8 Å². The predicted octanol–water partition coefficient (Wildman–Crippen LogP) is 3.19. The molecular formula is C14H24N2. The van der Waals surface area contributed by atoms with Crippen LogP contribution in [0.3, 0.4) is 0 Å². The van der Waals surface area contributed by atoms with E-state index in [4.69, 9.17) is 5.84 Å². The van der Waals surface area contributed by atoms with Crippen molar-refractivity contribution in [3.8, 4) is 0 Å². The molecule has 0 saturated carbocycles. The summed E-state index contributed by atoms with van der Waals surface area (Å²) < 4.78 is 0. The van der Waals surface area contributed by atoms with Gasteiger partial charge in [-0.25, -0.2) is 0 Å². The second kappa shape index (κ2) is 6.66. The summed E-state index contributed by atoms with van der Waals surface area (Å²) >= 11 is 0. The van der Waals surface area contributed by atoms with Crippen LogP contribution < -0.4 is 11.3 Å². The Hall–Kier alpha value is -0.860. The topological polar surface area (TPSA) is 38.0 Å². The highest BCUT2D eigenvalue weighted by Gasteiger charge is 2.15. The summed E-state index contributed by atoms with van der Waals surface area (Å²) in [5.41, 5.74) is 5.71. The Labute approximate surface area is 99.2 Å². The summed E-state index contributed by atoms with van der Waals surface area (Å²) in [6, 6.07) is 8.85. The number of aryl methyl sites for hydroxylation is 1. The van der Waals surface area contributed by atoms with Gasteiger partial charge in [0.25, 0.3) is 0 Å². The maximum atomic E-state index is 5.68. The summed E-state index contributed by atoms with van der Waals surface area (Å²) in [7, 11) is 0. The van der Waals surface area contributed by atoms with Crippen LogP contribution in [0.15, 0.2) is 24.3 Å². The van der Waals surface area contributed by atoms with Gasteiger partial charge >= 0.3 is 0 Å². The minimum Gasteiger partial charge on any atom is -0.271 e. The number of hydrogen-bond acceptors (Lipinski definition) is 2. The Morgan fingerprint density at radius 1 is 1.25 bits per heavy atom. The van der Waals surface area contributed by atoms with Crippen molar-refractivity contribution in [1.29, 1.82) is 0 Å². The van der Waals surface area contributed by atoms with Gasteiger partial charge in [-0.1, -0.05) is 51.5 Å². The Balaban J connectivity index is 2.85. The first-order chi connectivity index (χ1) is 7.72. The quantitative estimate of drug-likeness (QED) is 0.571. The molecule has 3 N–H and O–H groups in total. The van der Waals surface area contributed by atoms with Crippen molar-refractivity contribution in [2.24, 2.45) is 11.8 Å². The van der Waals surface area contributed by atoms with Crippen molar-refractivity contribution < 1.29 is 0 Å². The molecule has 90 valence electrons. The van der Waals surface area contributed by atoms with Crippen LogP contribution in [0.5, 0.6) is 0 Å². The zero-order valence-electron chi connectivity index (χ0n) is 10.7. The van der Waals surface area contributed by atoms with E-state index >= 15 is 0 Å². The number of nitrogens with one attached hydrogen (secondary N) is 1. The molecule has 0 radical (unpaired) electrons. The lowest BCUT2D eigenvalue weighted by atomic mass is 9.91. The molecule has 2 atom stereocenters. The highest BCUT2D eigenvalue weighted by atomic mass is 15.2. The number of nitrogens with two attached hydrogens (primary N) is 1. The molecule has 0 bridgehead atoms. The van der Waals surface area contributed by atoms with Crippen molar-refractivity contribution in [2.75, 3.05) is 0 Å². The third kappa shape index (κ3) is 3.32. The molecule has 1 aromatic carbocycles. The lowest BCUT2D eigenvalue weighted by molar-refractivity contribution is 0.406. The van der Waals surface area contributed by atoms with Gasteiger partial charge in [-0.05, 0) is 29.9 Å². The predicted molar refractivity (Wildman–Crippen MR) is 70.0 cm³/mol. The molecular weight excluding hydrogens is 196 g/mol. The minimum atomic E-state index is 0.283. The molecule has 0 aliphatic carbocycles. The van der Waals surface area contributed by atoms with Gasteiger partial charge in [0.1, 0.15) is 0 Å². The van der Waals surface area contributed by atoms with Gasteiger partial charge in [0.05, 0.1) is 0 Å². The molecule has 2 heteroatoms.